The lowest BCUT2D eigenvalue weighted by molar-refractivity contribution is 0.0680. The van der Waals surface area contributed by atoms with Crippen LogP contribution in [0, 0.1) is 11.7 Å². The second-order valence-corrected chi connectivity index (χ2v) is 9.17. The van der Waals surface area contributed by atoms with E-state index in [4.69, 9.17) is 16.3 Å². The van der Waals surface area contributed by atoms with E-state index in [1.807, 2.05) is 30.3 Å². The number of rotatable bonds is 8. The van der Waals surface area contributed by atoms with E-state index in [9.17, 15) is 14.0 Å². The Balaban J connectivity index is 1.67. The summed E-state index contributed by atoms with van der Waals surface area (Å²) in [6.07, 6.45) is 1.69. The minimum atomic E-state index is -0.509. The summed E-state index contributed by atoms with van der Waals surface area (Å²) in [5, 5.41) is 3.20. The number of anilines is 1. The molecule has 0 saturated carbocycles. The summed E-state index contributed by atoms with van der Waals surface area (Å²) in [5.41, 5.74) is 1.88. The maximum Gasteiger partial charge on any atom is 0.274 e. The van der Waals surface area contributed by atoms with Gasteiger partial charge in [-0.3, -0.25) is 9.59 Å². The largest absolute Gasteiger partial charge is 0.482 e. The van der Waals surface area contributed by atoms with E-state index in [1.165, 1.54) is 12.1 Å². The monoisotopic (exact) mass is 483 g/mol. The molecule has 0 spiro atoms. The molecule has 0 aliphatic carbocycles. The second kappa shape index (κ2) is 10.3. The third kappa shape index (κ3) is 5.25. The van der Waals surface area contributed by atoms with Crippen LogP contribution in [-0.4, -0.2) is 28.5 Å². The average Bonchev–Trinajstić information content (AvgIpc) is 2.82. The van der Waals surface area contributed by atoms with Gasteiger partial charge in [0, 0.05) is 32.4 Å². The Kier molecular flexibility index (Phi) is 7.22. The molecular formula is C26H27ClFN3O3. The molecule has 2 heterocycles. The van der Waals surface area contributed by atoms with Gasteiger partial charge in [-0.25, -0.2) is 4.39 Å². The third-order valence-electron chi connectivity index (χ3n) is 5.62. The molecule has 3 aromatic rings. The van der Waals surface area contributed by atoms with Gasteiger partial charge in [0.2, 0.25) is 5.43 Å². The quantitative estimate of drug-likeness (QED) is 0.492. The molecule has 1 aliphatic heterocycles. The average molecular weight is 484 g/mol. The third-order valence-corrected chi connectivity index (χ3v) is 5.91. The van der Waals surface area contributed by atoms with E-state index >= 15 is 0 Å². The standard InChI is InChI=1S/C26H27ClFN3O3/c1-17(2)13-29-22-15-30-10-11-31(14-19-8-9-21(28)20(27)12-19)26(33)23(30)25(24(22)32)34-16-18-6-4-3-5-7-18/h3-9,12,15,17,29H,10-11,13-14,16H2,1-2H3. The highest BCUT2D eigenvalue weighted by atomic mass is 35.5. The van der Waals surface area contributed by atoms with E-state index in [-0.39, 0.29) is 41.0 Å². The van der Waals surface area contributed by atoms with E-state index in [0.29, 0.717) is 36.8 Å². The maximum atomic E-state index is 13.6. The van der Waals surface area contributed by atoms with E-state index in [0.717, 1.165) is 5.56 Å². The number of benzene rings is 2. The van der Waals surface area contributed by atoms with Crippen LogP contribution in [0.4, 0.5) is 10.1 Å². The van der Waals surface area contributed by atoms with Gasteiger partial charge in [-0.15, -0.1) is 0 Å². The number of pyridine rings is 1. The van der Waals surface area contributed by atoms with Crippen LogP contribution in [0.3, 0.4) is 0 Å². The summed E-state index contributed by atoms with van der Waals surface area (Å²) in [6.45, 7) is 6.08. The Morgan fingerprint density at radius 2 is 1.85 bits per heavy atom. The highest BCUT2D eigenvalue weighted by molar-refractivity contribution is 6.30. The second-order valence-electron chi connectivity index (χ2n) is 8.77. The zero-order chi connectivity index (χ0) is 24.2. The lowest BCUT2D eigenvalue weighted by atomic mass is 10.1. The van der Waals surface area contributed by atoms with Crippen LogP contribution < -0.4 is 15.5 Å². The Morgan fingerprint density at radius 1 is 1.09 bits per heavy atom. The molecule has 1 aliphatic rings. The number of hydrogen-bond acceptors (Lipinski definition) is 4. The fraction of sp³-hybridized carbons (Fsp3) is 0.308. The van der Waals surface area contributed by atoms with Crippen molar-refractivity contribution in [1.29, 1.82) is 0 Å². The van der Waals surface area contributed by atoms with Gasteiger partial charge in [-0.05, 0) is 29.2 Å². The van der Waals surface area contributed by atoms with Crippen molar-refractivity contribution in [2.24, 2.45) is 5.92 Å². The van der Waals surface area contributed by atoms with Gasteiger partial charge >= 0.3 is 0 Å². The molecule has 0 bridgehead atoms. The minimum absolute atomic E-state index is 0.00586. The molecule has 1 aromatic heterocycles. The Bertz CT molecular complexity index is 1240. The molecule has 1 N–H and O–H groups in total. The zero-order valence-corrected chi connectivity index (χ0v) is 19.9. The van der Waals surface area contributed by atoms with Gasteiger partial charge in [0.05, 0.1) is 5.02 Å². The molecule has 8 heteroatoms. The van der Waals surface area contributed by atoms with E-state index in [1.54, 1.807) is 21.7 Å². The number of halogens is 2. The fourth-order valence-corrected chi connectivity index (χ4v) is 4.03. The van der Waals surface area contributed by atoms with Crippen LogP contribution in [0.2, 0.25) is 5.02 Å². The number of fused-ring (bicyclic) bond motifs is 1. The van der Waals surface area contributed by atoms with Crippen LogP contribution in [0.5, 0.6) is 5.75 Å². The lowest BCUT2D eigenvalue weighted by Gasteiger charge is -2.31. The van der Waals surface area contributed by atoms with Gasteiger partial charge < -0.3 is 19.5 Å². The van der Waals surface area contributed by atoms with Crippen LogP contribution in [0.15, 0.2) is 59.5 Å². The Morgan fingerprint density at radius 3 is 2.56 bits per heavy atom. The SMILES string of the molecule is CC(C)CNc1cn2c(c(OCc3ccccc3)c1=O)C(=O)N(Cc1ccc(F)c(Cl)c1)CC2. The van der Waals surface area contributed by atoms with Gasteiger partial charge in [0.25, 0.3) is 5.91 Å². The summed E-state index contributed by atoms with van der Waals surface area (Å²) in [5.74, 6) is -0.453. The molecule has 6 nitrogen and oxygen atoms in total. The molecule has 0 unspecified atom stereocenters. The van der Waals surface area contributed by atoms with Gasteiger partial charge in [0.15, 0.2) is 11.4 Å². The summed E-state index contributed by atoms with van der Waals surface area (Å²) in [4.78, 5) is 28.5. The van der Waals surface area contributed by atoms with Crippen molar-refractivity contribution in [2.75, 3.05) is 18.4 Å². The van der Waals surface area contributed by atoms with Crippen molar-refractivity contribution in [2.45, 2.75) is 33.5 Å². The molecule has 0 fully saturated rings. The summed E-state index contributed by atoms with van der Waals surface area (Å²) < 4.78 is 21.3. The zero-order valence-electron chi connectivity index (χ0n) is 19.2. The van der Waals surface area contributed by atoms with Crippen molar-refractivity contribution < 1.29 is 13.9 Å². The van der Waals surface area contributed by atoms with Gasteiger partial charge in [0.1, 0.15) is 18.1 Å². The van der Waals surface area contributed by atoms with Crippen LogP contribution in [0.1, 0.15) is 35.5 Å². The van der Waals surface area contributed by atoms with Crippen molar-refractivity contribution >= 4 is 23.2 Å². The minimum Gasteiger partial charge on any atom is -0.482 e. The first-order valence-corrected chi connectivity index (χ1v) is 11.6. The molecule has 4 rings (SSSR count). The molecule has 0 radical (unpaired) electrons. The predicted octanol–water partition coefficient (Wildman–Crippen LogP) is 4.94. The smallest absolute Gasteiger partial charge is 0.274 e. The molecule has 178 valence electrons. The van der Waals surface area contributed by atoms with Crippen LogP contribution in [0.25, 0.3) is 0 Å². The van der Waals surface area contributed by atoms with Crippen molar-refractivity contribution in [3.05, 3.63) is 92.6 Å². The van der Waals surface area contributed by atoms with Crippen LogP contribution in [-0.2, 0) is 19.7 Å². The number of ether oxygens (including phenoxy) is 1. The van der Waals surface area contributed by atoms with Crippen molar-refractivity contribution in [3.63, 3.8) is 0 Å². The first-order chi connectivity index (χ1) is 16.3. The highest BCUT2D eigenvalue weighted by Crippen LogP contribution is 2.26. The maximum absolute atomic E-state index is 13.6. The van der Waals surface area contributed by atoms with E-state index < -0.39 is 5.82 Å². The number of hydrogen-bond donors (Lipinski definition) is 1. The molecule has 0 atom stereocenters. The van der Waals surface area contributed by atoms with Gasteiger partial charge in [-0.2, -0.15) is 0 Å². The number of carbonyl (C=O) groups excluding carboxylic acids is 1. The van der Waals surface area contributed by atoms with Crippen LogP contribution >= 0.6 is 11.6 Å². The van der Waals surface area contributed by atoms with E-state index in [2.05, 4.69) is 19.2 Å². The summed E-state index contributed by atoms with van der Waals surface area (Å²) in [6, 6.07) is 13.9. The number of nitrogens with zero attached hydrogens (tertiary/aromatic N) is 2. The lowest BCUT2D eigenvalue weighted by Crippen LogP contribution is -2.42. The molecule has 2 aromatic carbocycles. The molecule has 1 amide bonds. The number of nitrogens with one attached hydrogen (secondary N) is 1. The molecular weight excluding hydrogens is 457 g/mol. The number of carbonyl (C=O) groups is 1. The Labute approximate surface area is 202 Å². The molecule has 34 heavy (non-hydrogen) atoms. The normalized spacial score (nSPS) is 13.2. The van der Waals surface area contributed by atoms with Crippen molar-refractivity contribution in [1.82, 2.24) is 9.47 Å². The van der Waals surface area contributed by atoms with Gasteiger partial charge in [-0.1, -0.05) is 61.8 Å². The summed E-state index contributed by atoms with van der Waals surface area (Å²) in [7, 11) is 0. The fourth-order valence-electron chi connectivity index (χ4n) is 3.83. The topological polar surface area (TPSA) is 63.6 Å². The Hall–Kier alpha value is -3.32. The summed E-state index contributed by atoms with van der Waals surface area (Å²) >= 11 is 5.91. The number of amides is 1. The first kappa shape index (κ1) is 23.8. The molecule has 0 saturated heterocycles. The van der Waals surface area contributed by atoms with Crippen molar-refractivity contribution in [3.8, 4) is 5.75 Å². The predicted molar refractivity (Wildman–Crippen MR) is 131 cm³/mol. The first-order valence-electron chi connectivity index (χ1n) is 11.2. The highest BCUT2D eigenvalue weighted by Gasteiger charge is 2.31. The number of aromatic nitrogens is 1.